The lowest BCUT2D eigenvalue weighted by molar-refractivity contribution is -0.324. The maximum Gasteiger partial charge on any atom is 0.510 e. The number of carbonyl (C=O) groups is 1. The standard InChI is InChI=1S/C21H27FO5/c22-16-11-12-18-17(13-16)21(14-7-3-1-4-8-14,15-9-5-2-6-10-15)27-20(25-18)26-19(23)24/h11-15,20H,1-10H2,(H,23,24). The molecule has 1 unspecified atom stereocenters. The van der Waals surface area contributed by atoms with Gasteiger partial charge in [0.2, 0.25) is 0 Å². The molecule has 1 aromatic rings. The number of fused-ring (bicyclic) bond motifs is 1. The first-order chi connectivity index (χ1) is 13.1. The Morgan fingerprint density at radius 1 is 1.04 bits per heavy atom. The van der Waals surface area contributed by atoms with E-state index in [1.54, 1.807) is 6.07 Å². The minimum Gasteiger partial charge on any atom is -0.450 e. The number of rotatable bonds is 3. The summed E-state index contributed by atoms with van der Waals surface area (Å²) in [4.78, 5) is 11.2. The van der Waals surface area contributed by atoms with Gasteiger partial charge in [-0.1, -0.05) is 38.5 Å². The first kappa shape index (κ1) is 18.5. The highest BCUT2D eigenvalue weighted by molar-refractivity contribution is 5.57. The smallest absolute Gasteiger partial charge is 0.450 e. The Morgan fingerprint density at radius 2 is 1.63 bits per heavy atom. The van der Waals surface area contributed by atoms with Crippen molar-refractivity contribution in [2.75, 3.05) is 0 Å². The number of halogens is 1. The molecule has 1 heterocycles. The quantitative estimate of drug-likeness (QED) is 0.697. The number of carboxylic acid groups (broad SMARTS) is 1. The van der Waals surface area contributed by atoms with Crippen LogP contribution in [-0.4, -0.2) is 17.7 Å². The predicted octanol–water partition coefficient (Wildman–Crippen LogP) is 5.57. The van der Waals surface area contributed by atoms with E-state index in [-0.39, 0.29) is 17.7 Å². The third-order valence-corrected chi connectivity index (χ3v) is 6.50. The van der Waals surface area contributed by atoms with Gasteiger partial charge < -0.3 is 14.6 Å². The summed E-state index contributed by atoms with van der Waals surface area (Å²) >= 11 is 0. The lowest BCUT2D eigenvalue weighted by Crippen LogP contribution is -2.53. The molecule has 0 bridgehead atoms. The van der Waals surface area contributed by atoms with E-state index in [2.05, 4.69) is 0 Å². The SMILES string of the molecule is O=C(O)OC1Oc2ccc(F)cc2C(C2CCCCC2)(C2CCCCC2)O1. The van der Waals surface area contributed by atoms with E-state index in [1.807, 2.05) is 0 Å². The van der Waals surface area contributed by atoms with Crippen LogP contribution < -0.4 is 4.74 Å². The molecular weight excluding hydrogens is 351 g/mol. The summed E-state index contributed by atoms with van der Waals surface area (Å²) in [5.74, 6) is 0.567. The molecule has 3 aliphatic rings. The van der Waals surface area contributed by atoms with Gasteiger partial charge in [-0.15, -0.1) is 0 Å². The van der Waals surface area contributed by atoms with Crippen LogP contribution in [0.5, 0.6) is 5.75 Å². The lowest BCUT2D eigenvalue weighted by atomic mass is 9.63. The van der Waals surface area contributed by atoms with Crippen LogP contribution in [0.2, 0.25) is 0 Å². The van der Waals surface area contributed by atoms with Crippen LogP contribution in [0.4, 0.5) is 9.18 Å². The molecule has 1 aromatic carbocycles. The summed E-state index contributed by atoms with van der Waals surface area (Å²) < 4.78 is 31.1. The molecule has 27 heavy (non-hydrogen) atoms. The number of hydrogen-bond acceptors (Lipinski definition) is 4. The van der Waals surface area contributed by atoms with Gasteiger partial charge in [-0.25, -0.2) is 9.18 Å². The number of benzene rings is 1. The van der Waals surface area contributed by atoms with Crippen LogP contribution in [0.1, 0.15) is 69.8 Å². The molecule has 2 aliphatic carbocycles. The largest absolute Gasteiger partial charge is 0.510 e. The maximum absolute atomic E-state index is 14.2. The van der Waals surface area contributed by atoms with Crippen molar-refractivity contribution >= 4 is 6.16 Å². The summed E-state index contributed by atoms with van der Waals surface area (Å²) in [5.41, 5.74) is -0.0251. The van der Waals surface area contributed by atoms with Crippen LogP contribution >= 0.6 is 0 Å². The molecule has 0 spiro atoms. The number of hydrogen-bond donors (Lipinski definition) is 1. The van der Waals surface area contributed by atoms with Gasteiger partial charge in [-0.05, 0) is 55.7 Å². The van der Waals surface area contributed by atoms with Crippen LogP contribution in [0, 0.1) is 17.7 Å². The fraction of sp³-hybridized carbons (Fsp3) is 0.667. The molecule has 2 fully saturated rings. The Morgan fingerprint density at radius 3 is 2.19 bits per heavy atom. The molecule has 0 radical (unpaired) electrons. The fourth-order valence-corrected chi connectivity index (χ4v) is 5.42. The molecule has 148 valence electrons. The van der Waals surface area contributed by atoms with Crippen molar-refractivity contribution < 1.29 is 28.5 Å². The Hall–Kier alpha value is -1.82. The van der Waals surface area contributed by atoms with E-state index in [4.69, 9.17) is 19.3 Å². The monoisotopic (exact) mass is 378 g/mol. The molecule has 4 rings (SSSR count). The van der Waals surface area contributed by atoms with E-state index in [0.717, 1.165) is 56.9 Å². The van der Waals surface area contributed by atoms with E-state index in [1.165, 1.54) is 25.0 Å². The van der Waals surface area contributed by atoms with Crippen molar-refractivity contribution in [1.29, 1.82) is 0 Å². The third kappa shape index (κ3) is 3.51. The van der Waals surface area contributed by atoms with Gasteiger partial charge >= 0.3 is 12.6 Å². The number of ether oxygens (including phenoxy) is 3. The third-order valence-electron chi connectivity index (χ3n) is 6.50. The van der Waals surface area contributed by atoms with E-state index in [0.29, 0.717) is 5.75 Å². The topological polar surface area (TPSA) is 65.0 Å². The van der Waals surface area contributed by atoms with Crippen molar-refractivity contribution in [2.45, 2.75) is 76.3 Å². The molecule has 0 aromatic heterocycles. The molecule has 1 atom stereocenters. The average Bonchev–Trinajstić information content (AvgIpc) is 2.68. The minimum absolute atomic E-state index is 0.207. The molecule has 1 N–H and O–H groups in total. The summed E-state index contributed by atoms with van der Waals surface area (Å²) in [6.07, 6.45) is 9.36. The molecule has 5 nitrogen and oxygen atoms in total. The van der Waals surface area contributed by atoms with Crippen molar-refractivity contribution in [2.24, 2.45) is 11.8 Å². The molecule has 0 amide bonds. The highest BCUT2D eigenvalue weighted by atomic mass is 19.1. The summed E-state index contributed by atoms with van der Waals surface area (Å²) in [7, 11) is 0. The highest BCUT2D eigenvalue weighted by Crippen LogP contribution is 2.56. The van der Waals surface area contributed by atoms with Gasteiger partial charge in [-0.3, -0.25) is 4.74 Å². The maximum atomic E-state index is 14.2. The van der Waals surface area contributed by atoms with Crippen molar-refractivity contribution in [1.82, 2.24) is 0 Å². The first-order valence-electron chi connectivity index (χ1n) is 10.1. The molecule has 0 saturated heterocycles. The van der Waals surface area contributed by atoms with Gasteiger partial charge in [0.1, 0.15) is 17.2 Å². The Labute approximate surface area is 158 Å². The zero-order valence-corrected chi connectivity index (χ0v) is 15.5. The Kier molecular flexibility index (Phi) is 5.26. The van der Waals surface area contributed by atoms with Crippen molar-refractivity contribution in [3.8, 4) is 5.75 Å². The average molecular weight is 378 g/mol. The van der Waals surface area contributed by atoms with Gasteiger partial charge in [0.05, 0.1) is 0 Å². The second-order valence-corrected chi connectivity index (χ2v) is 8.01. The lowest BCUT2D eigenvalue weighted by Gasteiger charge is -2.52. The predicted molar refractivity (Wildman–Crippen MR) is 95.8 cm³/mol. The van der Waals surface area contributed by atoms with Crippen LogP contribution in [-0.2, 0) is 15.1 Å². The molecule has 2 saturated carbocycles. The van der Waals surface area contributed by atoms with Crippen LogP contribution in [0.25, 0.3) is 0 Å². The molecular formula is C21H27FO5. The van der Waals surface area contributed by atoms with Gasteiger partial charge in [0, 0.05) is 5.56 Å². The van der Waals surface area contributed by atoms with Gasteiger partial charge in [0.15, 0.2) is 0 Å². The molecule has 6 heteroatoms. The van der Waals surface area contributed by atoms with Crippen LogP contribution in [0.15, 0.2) is 18.2 Å². The van der Waals surface area contributed by atoms with Crippen molar-refractivity contribution in [3.63, 3.8) is 0 Å². The zero-order valence-electron chi connectivity index (χ0n) is 15.5. The van der Waals surface area contributed by atoms with E-state index in [9.17, 15) is 9.18 Å². The van der Waals surface area contributed by atoms with E-state index >= 15 is 0 Å². The second kappa shape index (κ2) is 7.66. The van der Waals surface area contributed by atoms with Gasteiger partial charge in [-0.2, -0.15) is 0 Å². The Balaban J connectivity index is 1.82. The van der Waals surface area contributed by atoms with Crippen LogP contribution in [0.3, 0.4) is 0 Å². The highest BCUT2D eigenvalue weighted by Gasteiger charge is 2.54. The summed E-state index contributed by atoms with van der Waals surface area (Å²) in [6, 6.07) is 4.44. The normalized spacial score (nSPS) is 26.0. The molecule has 1 aliphatic heterocycles. The fourth-order valence-electron chi connectivity index (χ4n) is 5.42. The van der Waals surface area contributed by atoms with Gasteiger partial charge in [0.25, 0.3) is 0 Å². The summed E-state index contributed by atoms with van der Waals surface area (Å²) in [6.45, 7) is -1.32. The van der Waals surface area contributed by atoms with Crippen molar-refractivity contribution in [3.05, 3.63) is 29.6 Å². The minimum atomic E-state index is -1.44. The zero-order chi connectivity index (χ0) is 18.9. The summed E-state index contributed by atoms with van der Waals surface area (Å²) in [5, 5.41) is 9.11. The second-order valence-electron chi connectivity index (χ2n) is 8.01. The Bertz CT molecular complexity index is 661. The van der Waals surface area contributed by atoms with E-state index < -0.39 is 18.2 Å². The first-order valence-corrected chi connectivity index (χ1v) is 10.1.